The lowest BCUT2D eigenvalue weighted by Gasteiger charge is -2.14. The molecule has 2 rings (SSSR count). The highest BCUT2D eigenvalue weighted by Gasteiger charge is 2.41. The van der Waals surface area contributed by atoms with Crippen LogP contribution < -0.4 is 5.32 Å². The van der Waals surface area contributed by atoms with Crippen molar-refractivity contribution in [3.8, 4) is 11.5 Å². The van der Waals surface area contributed by atoms with E-state index in [0.717, 1.165) is 18.4 Å². The highest BCUT2D eigenvalue weighted by Crippen LogP contribution is 2.35. The Hall–Kier alpha value is -1.26. The lowest BCUT2D eigenvalue weighted by molar-refractivity contribution is 0.229. The molecule has 0 heterocycles. The van der Waals surface area contributed by atoms with Crippen LogP contribution in [0.2, 0.25) is 0 Å². The topological polar surface area (TPSA) is 72.7 Å². The third kappa shape index (κ3) is 2.22. The molecule has 4 heteroatoms. The largest absolute Gasteiger partial charge is 0.508 e. The maximum absolute atomic E-state index is 9.52. The number of nitrogens with one attached hydrogen (secondary N) is 1. The standard InChI is InChI=1S/C11H15NO3/c13-7-11(3-4-11)12-6-8-1-2-9(14)5-10(8)15/h1-2,5,12-15H,3-4,6-7H2. The summed E-state index contributed by atoms with van der Waals surface area (Å²) in [5.74, 6) is 0.135. The lowest BCUT2D eigenvalue weighted by Crippen LogP contribution is -2.34. The van der Waals surface area contributed by atoms with Crippen LogP contribution in [-0.4, -0.2) is 27.5 Å². The molecule has 0 unspecified atom stereocenters. The number of aromatic hydroxyl groups is 2. The number of rotatable bonds is 4. The van der Waals surface area contributed by atoms with E-state index in [1.165, 1.54) is 12.1 Å². The van der Waals surface area contributed by atoms with Crippen molar-refractivity contribution in [2.45, 2.75) is 24.9 Å². The summed E-state index contributed by atoms with van der Waals surface area (Å²) in [6.45, 7) is 0.637. The van der Waals surface area contributed by atoms with Crippen LogP contribution in [0, 0.1) is 0 Å². The zero-order chi connectivity index (χ0) is 10.9. The summed E-state index contributed by atoms with van der Waals surface area (Å²) in [4.78, 5) is 0. The van der Waals surface area contributed by atoms with Gasteiger partial charge in [0.2, 0.25) is 0 Å². The van der Waals surface area contributed by atoms with Gasteiger partial charge in [-0.2, -0.15) is 0 Å². The van der Waals surface area contributed by atoms with E-state index in [4.69, 9.17) is 10.2 Å². The second-order valence-corrected chi connectivity index (χ2v) is 4.11. The highest BCUT2D eigenvalue weighted by atomic mass is 16.3. The van der Waals surface area contributed by atoms with Gasteiger partial charge >= 0.3 is 0 Å². The monoisotopic (exact) mass is 209 g/mol. The van der Waals surface area contributed by atoms with Gasteiger partial charge in [0.25, 0.3) is 0 Å². The van der Waals surface area contributed by atoms with Crippen molar-refractivity contribution in [3.63, 3.8) is 0 Å². The Labute approximate surface area is 88.2 Å². The van der Waals surface area contributed by atoms with Gasteiger partial charge in [0.15, 0.2) is 0 Å². The second kappa shape index (κ2) is 3.72. The van der Waals surface area contributed by atoms with Gasteiger partial charge < -0.3 is 20.6 Å². The molecule has 1 saturated carbocycles. The lowest BCUT2D eigenvalue weighted by atomic mass is 10.1. The Balaban J connectivity index is 1.99. The molecule has 0 saturated heterocycles. The summed E-state index contributed by atoms with van der Waals surface area (Å²) < 4.78 is 0. The molecular weight excluding hydrogens is 194 g/mol. The Morgan fingerprint density at radius 3 is 2.53 bits per heavy atom. The molecule has 82 valence electrons. The molecule has 4 N–H and O–H groups in total. The van der Waals surface area contributed by atoms with Crippen molar-refractivity contribution in [3.05, 3.63) is 23.8 Å². The molecule has 0 spiro atoms. The van der Waals surface area contributed by atoms with E-state index >= 15 is 0 Å². The fourth-order valence-electron chi connectivity index (χ4n) is 1.53. The van der Waals surface area contributed by atoms with Crippen molar-refractivity contribution in [1.29, 1.82) is 0 Å². The fraction of sp³-hybridized carbons (Fsp3) is 0.455. The Morgan fingerprint density at radius 1 is 1.27 bits per heavy atom. The molecular formula is C11H15NO3. The van der Waals surface area contributed by atoms with E-state index in [1.54, 1.807) is 6.07 Å². The summed E-state index contributed by atoms with van der Waals surface area (Å²) in [5, 5.41) is 30.9. The fourth-order valence-corrected chi connectivity index (χ4v) is 1.53. The van der Waals surface area contributed by atoms with Crippen LogP contribution in [-0.2, 0) is 6.54 Å². The average Bonchev–Trinajstić information content (AvgIpc) is 2.97. The van der Waals surface area contributed by atoms with Gasteiger partial charge in [0, 0.05) is 23.7 Å². The molecule has 0 bridgehead atoms. The van der Waals surface area contributed by atoms with Crippen LogP contribution in [0.3, 0.4) is 0 Å². The van der Waals surface area contributed by atoms with Gasteiger partial charge in [-0.25, -0.2) is 0 Å². The molecule has 0 amide bonds. The number of phenols is 2. The van der Waals surface area contributed by atoms with E-state index in [9.17, 15) is 5.11 Å². The minimum absolute atomic E-state index is 0.0551. The van der Waals surface area contributed by atoms with Crippen molar-refractivity contribution in [2.75, 3.05) is 6.61 Å². The second-order valence-electron chi connectivity index (χ2n) is 4.11. The first-order valence-corrected chi connectivity index (χ1v) is 5.02. The summed E-state index contributed by atoms with van der Waals surface area (Å²) in [7, 11) is 0. The highest BCUT2D eigenvalue weighted by molar-refractivity contribution is 5.38. The van der Waals surface area contributed by atoms with Gasteiger partial charge in [0.1, 0.15) is 11.5 Å². The predicted molar refractivity (Wildman–Crippen MR) is 55.7 cm³/mol. The molecule has 0 aromatic heterocycles. The normalized spacial score (nSPS) is 17.7. The number of phenolic OH excluding ortho intramolecular Hbond substituents is 2. The van der Waals surface area contributed by atoms with Crippen LogP contribution in [0.15, 0.2) is 18.2 Å². The number of aliphatic hydroxyl groups excluding tert-OH is 1. The first-order valence-electron chi connectivity index (χ1n) is 5.02. The Bertz CT molecular complexity index is 361. The van der Waals surface area contributed by atoms with E-state index in [2.05, 4.69) is 5.32 Å². The predicted octanol–water partition coefficient (Wildman–Crippen LogP) is 0.712. The first kappa shape index (κ1) is 10.3. The van der Waals surface area contributed by atoms with E-state index in [0.29, 0.717) is 6.54 Å². The smallest absolute Gasteiger partial charge is 0.123 e. The zero-order valence-electron chi connectivity index (χ0n) is 8.40. The van der Waals surface area contributed by atoms with Crippen LogP contribution in [0.4, 0.5) is 0 Å². The molecule has 1 aliphatic rings. The molecule has 0 radical (unpaired) electrons. The molecule has 1 aromatic rings. The molecule has 1 fully saturated rings. The SMILES string of the molecule is OCC1(NCc2ccc(O)cc2O)CC1. The van der Waals surface area contributed by atoms with E-state index < -0.39 is 0 Å². The van der Waals surface area contributed by atoms with Gasteiger partial charge in [-0.1, -0.05) is 6.07 Å². The third-order valence-corrected chi connectivity index (χ3v) is 2.88. The van der Waals surface area contributed by atoms with Crippen LogP contribution in [0.1, 0.15) is 18.4 Å². The van der Waals surface area contributed by atoms with Crippen molar-refractivity contribution in [1.82, 2.24) is 5.32 Å². The first-order chi connectivity index (χ1) is 7.15. The van der Waals surface area contributed by atoms with Crippen LogP contribution in [0.5, 0.6) is 11.5 Å². The Morgan fingerprint density at radius 2 is 2.00 bits per heavy atom. The van der Waals surface area contributed by atoms with Gasteiger partial charge in [0.05, 0.1) is 6.61 Å². The van der Waals surface area contributed by atoms with Gasteiger partial charge in [-0.15, -0.1) is 0 Å². The van der Waals surface area contributed by atoms with Crippen molar-refractivity contribution < 1.29 is 15.3 Å². The average molecular weight is 209 g/mol. The van der Waals surface area contributed by atoms with Crippen molar-refractivity contribution in [2.24, 2.45) is 0 Å². The molecule has 0 aliphatic heterocycles. The van der Waals surface area contributed by atoms with E-state index in [1.807, 2.05) is 0 Å². The Kier molecular flexibility index (Phi) is 2.54. The summed E-state index contributed by atoms with van der Waals surface area (Å²) in [5.41, 5.74) is 0.595. The van der Waals surface area contributed by atoms with Gasteiger partial charge in [-0.3, -0.25) is 0 Å². The summed E-state index contributed by atoms with van der Waals surface area (Å²) in [6, 6.07) is 4.52. The maximum Gasteiger partial charge on any atom is 0.123 e. The molecule has 4 nitrogen and oxygen atoms in total. The number of hydrogen-bond acceptors (Lipinski definition) is 4. The summed E-state index contributed by atoms with van der Waals surface area (Å²) >= 11 is 0. The van der Waals surface area contributed by atoms with E-state index in [-0.39, 0.29) is 23.6 Å². The minimum Gasteiger partial charge on any atom is -0.508 e. The summed E-state index contributed by atoms with van der Waals surface area (Å²) in [6.07, 6.45) is 1.95. The minimum atomic E-state index is -0.135. The quantitative estimate of drug-likeness (QED) is 0.589. The molecule has 1 aliphatic carbocycles. The van der Waals surface area contributed by atoms with Crippen molar-refractivity contribution >= 4 is 0 Å². The number of aliphatic hydroxyl groups is 1. The number of hydrogen-bond donors (Lipinski definition) is 4. The molecule has 15 heavy (non-hydrogen) atoms. The zero-order valence-corrected chi connectivity index (χ0v) is 8.40. The molecule has 0 atom stereocenters. The third-order valence-electron chi connectivity index (χ3n) is 2.88. The maximum atomic E-state index is 9.52. The van der Waals surface area contributed by atoms with Crippen LogP contribution in [0.25, 0.3) is 0 Å². The number of benzene rings is 1. The van der Waals surface area contributed by atoms with Crippen LogP contribution >= 0.6 is 0 Å². The van der Waals surface area contributed by atoms with Gasteiger partial charge in [-0.05, 0) is 18.9 Å². The molecule has 1 aromatic carbocycles.